The van der Waals surface area contributed by atoms with Crippen molar-refractivity contribution in [3.63, 3.8) is 0 Å². The third kappa shape index (κ3) is 3.03. The maximum absolute atomic E-state index is 8.95. The summed E-state index contributed by atoms with van der Waals surface area (Å²) in [5.74, 6) is 0. The van der Waals surface area contributed by atoms with Crippen molar-refractivity contribution >= 4 is 11.8 Å². The van der Waals surface area contributed by atoms with Crippen LogP contribution in [0, 0.1) is 0 Å². The fraction of sp³-hybridized carbons (Fsp3) is 0.571. The number of benzene rings is 1. The minimum absolute atomic E-state index is 0.145. The smallest absolute Gasteiger partial charge is 0.0441 e. The van der Waals surface area contributed by atoms with Gasteiger partial charge in [0.05, 0.1) is 0 Å². The molecule has 0 heterocycles. The molecule has 17 heavy (non-hydrogen) atoms. The summed E-state index contributed by atoms with van der Waals surface area (Å²) >= 11 is 1.93. The van der Waals surface area contributed by atoms with Crippen LogP contribution in [0.1, 0.15) is 36.9 Å². The van der Waals surface area contributed by atoms with E-state index in [1.165, 1.54) is 11.1 Å². The number of aliphatic hydroxyl groups is 1. The average Bonchev–Trinajstić information content (AvgIpc) is 2.33. The molecular formula is C14H21NOS. The lowest BCUT2D eigenvalue weighted by molar-refractivity contribution is 0.288. The summed E-state index contributed by atoms with van der Waals surface area (Å²) in [7, 11) is 0. The minimum atomic E-state index is 0.145. The van der Waals surface area contributed by atoms with E-state index in [9.17, 15) is 0 Å². The summed E-state index contributed by atoms with van der Waals surface area (Å²) in [6.45, 7) is 2.45. The second kappa shape index (κ2) is 5.89. The van der Waals surface area contributed by atoms with Gasteiger partial charge in [0, 0.05) is 23.1 Å². The Morgan fingerprint density at radius 3 is 3.00 bits per heavy atom. The lowest BCUT2D eigenvalue weighted by atomic mass is 9.88. The molecule has 0 saturated carbocycles. The molecule has 0 aliphatic heterocycles. The third-order valence-electron chi connectivity index (χ3n) is 3.46. The van der Waals surface area contributed by atoms with Gasteiger partial charge in [-0.3, -0.25) is 0 Å². The van der Waals surface area contributed by atoms with Gasteiger partial charge in [-0.05, 0) is 30.4 Å². The molecule has 1 aromatic carbocycles. The molecule has 0 aromatic heterocycles. The topological polar surface area (TPSA) is 46.2 Å². The second-order valence-corrected chi connectivity index (χ2v) is 6.44. The highest BCUT2D eigenvalue weighted by molar-refractivity contribution is 8.00. The Labute approximate surface area is 108 Å². The molecule has 0 fully saturated rings. The van der Waals surface area contributed by atoms with Gasteiger partial charge in [0.25, 0.3) is 0 Å². The molecule has 0 spiro atoms. The van der Waals surface area contributed by atoms with E-state index in [0.29, 0.717) is 10.5 Å². The monoisotopic (exact) mass is 251 g/mol. The summed E-state index contributed by atoms with van der Waals surface area (Å²) in [5.41, 5.74) is 9.07. The van der Waals surface area contributed by atoms with Crippen molar-refractivity contribution in [3.8, 4) is 0 Å². The first kappa shape index (κ1) is 12.9. The van der Waals surface area contributed by atoms with Gasteiger partial charge >= 0.3 is 0 Å². The highest BCUT2D eigenvalue weighted by Crippen LogP contribution is 2.37. The summed E-state index contributed by atoms with van der Waals surface area (Å²) in [4.78, 5) is 0. The van der Waals surface area contributed by atoms with Crippen LogP contribution in [0.25, 0.3) is 0 Å². The molecule has 3 unspecified atom stereocenters. The molecule has 0 saturated heterocycles. The number of hydrogen-bond donors (Lipinski definition) is 2. The zero-order chi connectivity index (χ0) is 12.3. The first-order valence-corrected chi connectivity index (χ1v) is 7.26. The fourth-order valence-corrected chi connectivity index (χ4v) is 3.87. The molecule has 0 amide bonds. The largest absolute Gasteiger partial charge is 0.396 e. The van der Waals surface area contributed by atoms with Gasteiger partial charge in [-0.1, -0.05) is 31.2 Å². The van der Waals surface area contributed by atoms with Crippen molar-refractivity contribution in [1.82, 2.24) is 0 Å². The maximum Gasteiger partial charge on any atom is 0.0441 e. The Balaban J connectivity index is 2.04. The molecular weight excluding hydrogens is 230 g/mol. The zero-order valence-corrected chi connectivity index (χ0v) is 11.1. The van der Waals surface area contributed by atoms with Crippen LogP contribution in [0.3, 0.4) is 0 Å². The summed E-state index contributed by atoms with van der Waals surface area (Å²) < 4.78 is 0. The number of hydrogen-bond acceptors (Lipinski definition) is 3. The second-order valence-electron chi connectivity index (χ2n) is 4.76. The van der Waals surface area contributed by atoms with Crippen molar-refractivity contribution in [2.45, 2.75) is 42.7 Å². The van der Waals surface area contributed by atoms with E-state index in [2.05, 4.69) is 31.2 Å². The standard InChI is InChI=1S/C14H21NOS/c1-10(8-9-16)17-13-7-6-11-4-2-3-5-12(11)14(13)15/h2-5,10,13-14,16H,6-9,15H2,1H3. The van der Waals surface area contributed by atoms with E-state index < -0.39 is 0 Å². The van der Waals surface area contributed by atoms with Gasteiger partial charge in [-0.25, -0.2) is 0 Å². The zero-order valence-electron chi connectivity index (χ0n) is 10.3. The highest BCUT2D eigenvalue weighted by atomic mass is 32.2. The number of thioether (sulfide) groups is 1. The van der Waals surface area contributed by atoms with Gasteiger partial charge in [0.15, 0.2) is 0 Å². The van der Waals surface area contributed by atoms with E-state index in [-0.39, 0.29) is 12.6 Å². The quantitative estimate of drug-likeness (QED) is 0.864. The molecule has 1 aliphatic rings. The van der Waals surface area contributed by atoms with Crippen LogP contribution in [0.15, 0.2) is 24.3 Å². The third-order valence-corrected chi connectivity index (χ3v) is 5.03. The van der Waals surface area contributed by atoms with Crippen molar-refractivity contribution in [2.24, 2.45) is 5.73 Å². The normalized spacial score (nSPS) is 25.4. The first-order chi connectivity index (χ1) is 8.22. The minimum Gasteiger partial charge on any atom is -0.396 e. The molecule has 94 valence electrons. The van der Waals surface area contributed by atoms with E-state index in [1.807, 2.05) is 11.8 Å². The predicted molar refractivity (Wildman–Crippen MR) is 74.2 cm³/mol. The van der Waals surface area contributed by atoms with Crippen LogP contribution in [0.2, 0.25) is 0 Å². The van der Waals surface area contributed by atoms with Crippen LogP contribution >= 0.6 is 11.8 Å². The Morgan fingerprint density at radius 2 is 2.24 bits per heavy atom. The van der Waals surface area contributed by atoms with E-state index in [1.54, 1.807) is 0 Å². The van der Waals surface area contributed by atoms with Crippen LogP contribution < -0.4 is 5.73 Å². The number of aliphatic hydroxyl groups excluding tert-OH is 1. The average molecular weight is 251 g/mol. The SMILES string of the molecule is CC(CCO)SC1CCc2ccccc2C1N. The van der Waals surface area contributed by atoms with Gasteiger partial charge in [-0.15, -0.1) is 0 Å². The van der Waals surface area contributed by atoms with E-state index in [4.69, 9.17) is 10.8 Å². The Morgan fingerprint density at radius 1 is 1.47 bits per heavy atom. The van der Waals surface area contributed by atoms with Gasteiger partial charge < -0.3 is 10.8 Å². The molecule has 0 radical (unpaired) electrons. The van der Waals surface area contributed by atoms with Crippen molar-refractivity contribution in [3.05, 3.63) is 35.4 Å². The van der Waals surface area contributed by atoms with Gasteiger partial charge in [0.2, 0.25) is 0 Å². The number of nitrogens with two attached hydrogens (primary N) is 1. The molecule has 1 aromatic rings. The van der Waals surface area contributed by atoms with Crippen molar-refractivity contribution in [2.75, 3.05) is 6.61 Å². The maximum atomic E-state index is 8.95. The summed E-state index contributed by atoms with van der Waals surface area (Å²) in [5, 5.41) is 9.92. The molecule has 3 heteroatoms. The molecule has 2 rings (SSSR count). The van der Waals surface area contributed by atoms with Crippen molar-refractivity contribution in [1.29, 1.82) is 0 Å². The first-order valence-electron chi connectivity index (χ1n) is 6.32. The molecule has 0 bridgehead atoms. The Kier molecular flexibility index (Phi) is 4.48. The van der Waals surface area contributed by atoms with Gasteiger partial charge in [-0.2, -0.15) is 11.8 Å². The highest BCUT2D eigenvalue weighted by Gasteiger charge is 2.27. The van der Waals surface area contributed by atoms with Crippen molar-refractivity contribution < 1.29 is 5.11 Å². The molecule has 3 atom stereocenters. The molecule has 3 N–H and O–H groups in total. The number of fused-ring (bicyclic) bond motifs is 1. The van der Waals surface area contributed by atoms with Crippen LogP contribution in [0.5, 0.6) is 0 Å². The number of rotatable bonds is 4. The van der Waals surface area contributed by atoms with Crippen LogP contribution in [0.4, 0.5) is 0 Å². The summed E-state index contributed by atoms with van der Waals surface area (Å²) in [6, 6.07) is 8.65. The molecule has 2 nitrogen and oxygen atoms in total. The fourth-order valence-electron chi connectivity index (χ4n) is 2.47. The number of aryl methyl sites for hydroxylation is 1. The Bertz CT molecular complexity index is 369. The van der Waals surface area contributed by atoms with Crippen LogP contribution in [-0.4, -0.2) is 22.2 Å². The van der Waals surface area contributed by atoms with E-state index in [0.717, 1.165) is 19.3 Å². The summed E-state index contributed by atoms with van der Waals surface area (Å²) in [6.07, 6.45) is 3.14. The predicted octanol–water partition coefficient (Wildman–Crippen LogP) is 2.51. The van der Waals surface area contributed by atoms with Gasteiger partial charge in [0.1, 0.15) is 0 Å². The van der Waals surface area contributed by atoms with Crippen LogP contribution in [-0.2, 0) is 6.42 Å². The Hall–Kier alpha value is -0.510. The lowest BCUT2D eigenvalue weighted by Crippen LogP contribution is -2.30. The molecule has 1 aliphatic carbocycles. The van der Waals surface area contributed by atoms with E-state index >= 15 is 0 Å². The lowest BCUT2D eigenvalue weighted by Gasteiger charge is -2.32.